The highest BCUT2D eigenvalue weighted by Gasteiger charge is 2.28. The van der Waals surface area contributed by atoms with Crippen LogP contribution in [0.1, 0.15) is 32.1 Å². The van der Waals surface area contributed by atoms with Gasteiger partial charge in [-0.2, -0.15) is 11.8 Å². The molecule has 1 aliphatic carbocycles. The fourth-order valence-electron chi connectivity index (χ4n) is 2.57. The summed E-state index contributed by atoms with van der Waals surface area (Å²) >= 11 is 1.97. The number of hydrogen-bond donors (Lipinski definition) is 2. The van der Waals surface area contributed by atoms with E-state index in [0.29, 0.717) is 18.5 Å². The van der Waals surface area contributed by atoms with Crippen molar-refractivity contribution in [2.45, 2.75) is 49.4 Å². The summed E-state index contributed by atoms with van der Waals surface area (Å²) in [5.74, 6) is 0.217. The van der Waals surface area contributed by atoms with E-state index in [-0.39, 0.29) is 5.91 Å². The number of rotatable bonds is 4. The minimum Gasteiger partial charge on any atom is -0.352 e. The number of thioether (sulfide) groups is 1. The van der Waals surface area contributed by atoms with Crippen molar-refractivity contribution in [2.24, 2.45) is 0 Å². The Balaban J connectivity index is 1.71. The molecular formula is C11H20N2OS. The second kappa shape index (κ2) is 5.21. The van der Waals surface area contributed by atoms with E-state index in [1.54, 1.807) is 0 Å². The highest BCUT2D eigenvalue weighted by Crippen LogP contribution is 2.28. The predicted molar refractivity (Wildman–Crippen MR) is 64.1 cm³/mol. The highest BCUT2D eigenvalue weighted by molar-refractivity contribution is 7.99. The Hall–Kier alpha value is -0.220. The van der Waals surface area contributed by atoms with Crippen molar-refractivity contribution in [2.75, 3.05) is 12.8 Å². The molecule has 3 atom stereocenters. The zero-order valence-electron chi connectivity index (χ0n) is 9.29. The minimum atomic E-state index is 0.217. The molecule has 0 spiro atoms. The van der Waals surface area contributed by atoms with Crippen molar-refractivity contribution in [1.29, 1.82) is 0 Å². The fourth-order valence-corrected chi connectivity index (χ4v) is 3.53. The third-order valence-electron chi connectivity index (χ3n) is 3.47. The summed E-state index contributed by atoms with van der Waals surface area (Å²) in [6, 6.07) is 1.04. The molecule has 1 saturated heterocycles. The Morgan fingerprint density at radius 3 is 3.00 bits per heavy atom. The van der Waals surface area contributed by atoms with E-state index in [0.717, 1.165) is 18.2 Å². The van der Waals surface area contributed by atoms with Crippen molar-refractivity contribution >= 4 is 17.7 Å². The van der Waals surface area contributed by atoms with Crippen LogP contribution in [0, 0.1) is 0 Å². The number of carbonyl (C=O) groups is 1. The lowest BCUT2D eigenvalue weighted by molar-refractivity contribution is -0.119. The molecule has 4 heteroatoms. The largest absolute Gasteiger partial charge is 0.352 e. The lowest BCUT2D eigenvalue weighted by Crippen LogP contribution is -2.42. The maximum absolute atomic E-state index is 11.0. The highest BCUT2D eigenvalue weighted by atomic mass is 32.2. The van der Waals surface area contributed by atoms with Crippen LogP contribution in [0.4, 0.5) is 0 Å². The summed E-state index contributed by atoms with van der Waals surface area (Å²) in [5.41, 5.74) is 0. The van der Waals surface area contributed by atoms with Crippen LogP contribution in [0.5, 0.6) is 0 Å². The van der Waals surface area contributed by atoms with Crippen molar-refractivity contribution in [3.8, 4) is 0 Å². The molecule has 3 nitrogen and oxygen atoms in total. The molecule has 1 aliphatic heterocycles. The maximum atomic E-state index is 11.0. The van der Waals surface area contributed by atoms with Gasteiger partial charge in [0.25, 0.3) is 0 Å². The van der Waals surface area contributed by atoms with Crippen molar-refractivity contribution in [3.63, 3.8) is 0 Å². The van der Waals surface area contributed by atoms with Gasteiger partial charge in [-0.05, 0) is 25.5 Å². The predicted octanol–water partition coefficient (Wildman–Crippen LogP) is 1.14. The molecule has 2 aliphatic rings. The summed E-state index contributed by atoms with van der Waals surface area (Å²) < 4.78 is 0. The third-order valence-corrected chi connectivity index (χ3v) is 4.64. The van der Waals surface area contributed by atoms with Crippen LogP contribution in [-0.2, 0) is 4.79 Å². The molecule has 3 unspecified atom stereocenters. The molecular weight excluding hydrogens is 208 g/mol. The maximum Gasteiger partial charge on any atom is 0.220 e. The summed E-state index contributed by atoms with van der Waals surface area (Å²) in [7, 11) is 0. The van der Waals surface area contributed by atoms with Gasteiger partial charge in [-0.1, -0.05) is 6.42 Å². The van der Waals surface area contributed by atoms with E-state index >= 15 is 0 Å². The Bertz CT molecular complexity index is 235. The van der Waals surface area contributed by atoms with E-state index in [1.165, 1.54) is 19.3 Å². The second-order valence-electron chi connectivity index (χ2n) is 4.52. The van der Waals surface area contributed by atoms with Gasteiger partial charge in [0.15, 0.2) is 0 Å². The smallest absolute Gasteiger partial charge is 0.220 e. The first-order chi connectivity index (χ1) is 7.29. The van der Waals surface area contributed by atoms with Crippen LogP contribution in [-0.4, -0.2) is 36.0 Å². The van der Waals surface area contributed by atoms with Gasteiger partial charge < -0.3 is 10.6 Å². The molecule has 86 valence electrons. The summed E-state index contributed by atoms with van der Waals surface area (Å²) in [4.78, 5) is 11.0. The van der Waals surface area contributed by atoms with E-state index in [9.17, 15) is 4.79 Å². The van der Waals surface area contributed by atoms with Gasteiger partial charge in [-0.25, -0.2) is 0 Å². The van der Waals surface area contributed by atoms with E-state index in [1.807, 2.05) is 11.8 Å². The Morgan fingerprint density at radius 1 is 1.47 bits per heavy atom. The molecule has 0 bridgehead atoms. The minimum absolute atomic E-state index is 0.217. The quantitative estimate of drug-likeness (QED) is 0.758. The van der Waals surface area contributed by atoms with Gasteiger partial charge in [0.1, 0.15) is 0 Å². The van der Waals surface area contributed by atoms with Crippen LogP contribution in [0.25, 0.3) is 0 Å². The van der Waals surface area contributed by atoms with Crippen LogP contribution in [0.3, 0.4) is 0 Å². The van der Waals surface area contributed by atoms with Crippen molar-refractivity contribution in [1.82, 2.24) is 10.6 Å². The first kappa shape index (κ1) is 11.3. The standard InChI is InChI=1S/C11H20N2OS/c1-15-10-4-2-3-9(10)12-7-8-5-6-11(14)13-8/h8-10,12H,2-7H2,1H3,(H,13,14). The van der Waals surface area contributed by atoms with Crippen molar-refractivity contribution in [3.05, 3.63) is 0 Å². The fraction of sp³-hybridized carbons (Fsp3) is 0.909. The average molecular weight is 228 g/mol. The van der Waals surface area contributed by atoms with Crippen molar-refractivity contribution < 1.29 is 4.79 Å². The van der Waals surface area contributed by atoms with Gasteiger partial charge in [0.2, 0.25) is 5.91 Å². The molecule has 0 aromatic heterocycles. The monoisotopic (exact) mass is 228 g/mol. The Labute approximate surface area is 95.8 Å². The van der Waals surface area contributed by atoms with Gasteiger partial charge in [-0.3, -0.25) is 4.79 Å². The summed E-state index contributed by atoms with van der Waals surface area (Å²) in [6.07, 6.45) is 7.90. The van der Waals surface area contributed by atoms with Crippen LogP contribution >= 0.6 is 11.8 Å². The van der Waals surface area contributed by atoms with Gasteiger partial charge in [0.05, 0.1) is 0 Å². The van der Waals surface area contributed by atoms with Gasteiger partial charge >= 0.3 is 0 Å². The molecule has 2 N–H and O–H groups in total. The molecule has 0 aromatic rings. The Morgan fingerprint density at radius 2 is 2.33 bits per heavy atom. The van der Waals surface area contributed by atoms with Crippen LogP contribution < -0.4 is 10.6 Å². The Kier molecular flexibility index (Phi) is 3.92. The lowest BCUT2D eigenvalue weighted by atomic mass is 10.2. The van der Waals surface area contributed by atoms with E-state index in [2.05, 4.69) is 16.9 Å². The zero-order chi connectivity index (χ0) is 10.7. The molecule has 0 aromatic carbocycles. The van der Waals surface area contributed by atoms with Crippen LogP contribution in [0.15, 0.2) is 0 Å². The number of carbonyl (C=O) groups excluding carboxylic acids is 1. The summed E-state index contributed by atoms with van der Waals surface area (Å²) in [6.45, 7) is 0.952. The van der Waals surface area contributed by atoms with Gasteiger partial charge in [0, 0.05) is 30.3 Å². The van der Waals surface area contributed by atoms with Crippen LogP contribution in [0.2, 0.25) is 0 Å². The molecule has 2 fully saturated rings. The first-order valence-corrected chi connectivity index (χ1v) is 7.14. The zero-order valence-corrected chi connectivity index (χ0v) is 10.1. The molecule has 2 rings (SSSR count). The molecule has 15 heavy (non-hydrogen) atoms. The average Bonchev–Trinajstić information content (AvgIpc) is 2.83. The summed E-state index contributed by atoms with van der Waals surface area (Å²) in [5, 5.41) is 7.39. The normalized spacial score (nSPS) is 35.8. The number of nitrogens with one attached hydrogen (secondary N) is 2. The number of amides is 1. The molecule has 1 amide bonds. The van der Waals surface area contributed by atoms with E-state index in [4.69, 9.17) is 0 Å². The topological polar surface area (TPSA) is 41.1 Å². The second-order valence-corrected chi connectivity index (χ2v) is 5.60. The molecule has 0 radical (unpaired) electrons. The molecule has 1 heterocycles. The number of hydrogen-bond acceptors (Lipinski definition) is 3. The van der Waals surface area contributed by atoms with Gasteiger partial charge in [-0.15, -0.1) is 0 Å². The van der Waals surface area contributed by atoms with E-state index < -0.39 is 0 Å². The SMILES string of the molecule is CSC1CCCC1NCC1CCC(=O)N1. The molecule has 1 saturated carbocycles. The third kappa shape index (κ3) is 2.88. The lowest BCUT2D eigenvalue weighted by Gasteiger charge is -2.21. The first-order valence-electron chi connectivity index (χ1n) is 5.85.